The van der Waals surface area contributed by atoms with E-state index in [1.807, 2.05) is 65.2 Å². The lowest BCUT2D eigenvalue weighted by molar-refractivity contribution is 0.0442. The average molecular weight is 380 g/mol. The van der Waals surface area contributed by atoms with Crippen molar-refractivity contribution in [2.45, 2.75) is 26.0 Å². The minimum atomic E-state index is -0.133. The third kappa shape index (κ3) is 4.26. The van der Waals surface area contributed by atoms with Crippen LogP contribution < -0.4 is 5.32 Å². The lowest BCUT2D eigenvalue weighted by Crippen LogP contribution is -2.41. The van der Waals surface area contributed by atoms with Gasteiger partial charge < -0.3 is 19.4 Å². The van der Waals surface area contributed by atoms with Crippen LogP contribution in [0.5, 0.6) is 0 Å². The third-order valence-electron chi connectivity index (χ3n) is 4.76. The number of anilines is 1. The van der Waals surface area contributed by atoms with Gasteiger partial charge in [0.15, 0.2) is 0 Å². The zero-order chi connectivity index (χ0) is 19.3. The van der Waals surface area contributed by atoms with E-state index in [9.17, 15) is 4.79 Å². The molecule has 0 unspecified atom stereocenters. The monoisotopic (exact) mass is 380 g/mol. The predicted molar refractivity (Wildman–Crippen MR) is 106 cm³/mol. The van der Waals surface area contributed by atoms with Gasteiger partial charge in [-0.1, -0.05) is 12.1 Å². The highest BCUT2D eigenvalue weighted by Crippen LogP contribution is 2.29. The number of para-hydroxylation sites is 1. The minimum absolute atomic E-state index is 0.0869. The van der Waals surface area contributed by atoms with Crippen molar-refractivity contribution in [2.24, 2.45) is 0 Å². The van der Waals surface area contributed by atoms with Crippen LogP contribution in [0.3, 0.4) is 0 Å². The van der Waals surface area contributed by atoms with Gasteiger partial charge in [-0.2, -0.15) is 5.10 Å². The number of benzene rings is 1. The van der Waals surface area contributed by atoms with E-state index in [4.69, 9.17) is 9.15 Å². The number of carbonyl (C=O) groups excluding carboxylic acids is 1. The summed E-state index contributed by atoms with van der Waals surface area (Å²) in [6, 6.07) is 13.3. The normalized spacial score (nSPS) is 17.3. The molecule has 1 fully saturated rings. The predicted octanol–water partition coefficient (Wildman–Crippen LogP) is 3.77. The molecule has 28 heavy (non-hydrogen) atoms. The molecule has 1 N–H and O–H groups in total. The summed E-state index contributed by atoms with van der Waals surface area (Å²) in [5.41, 5.74) is 1.60. The molecule has 2 aromatic heterocycles. The molecule has 1 saturated heterocycles. The summed E-state index contributed by atoms with van der Waals surface area (Å²) in [6.07, 6.45) is 4.37. The van der Waals surface area contributed by atoms with Gasteiger partial charge in [-0.25, -0.2) is 4.79 Å². The lowest BCUT2D eigenvalue weighted by Gasteiger charge is -2.24. The number of amides is 2. The number of nitrogens with zero attached hydrogens (tertiary/aromatic N) is 3. The second kappa shape index (κ2) is 8.31. The zero-order valence-corrected chi connectivity index (χ0v) is 15.9. The van der Waals surface area contributed by atoms with E-state index in [1.54, 1.807) is 6.20 Å². The number of rotatable bonds is 4. The molecule has 4 rings (SSSR count). The van der Waals surface area contributed by atoms with E-state index in [-0.39, 0.29) is 12.1 Å². The van der Waals surface area contributed by atoms with Crippen LogP contribution in [0.1, 0.15) is 12.2 Å². The number of aryl methyl sites for hydroxylation is 1. The van der Waals surface area contributed by atoms with E-state index in [0.717, 1.165) is 29.2 Å². The molecule has 0 bridgehead atoms. The summed E-state index contributed by atoms with van der Waals surface area (Å²) in [5.74, 6) is 1.58. The van der Waals surface area contributed by atoms with Crippen LogP contribution in [0.15, 0.2) is 59.3 Å². The number of urea groups is 1. The molecule has 1 atom stereocenters. The maximum absolute atomic E-state index is 13.0. The molecule has 146 valence electrons. The Balaban J connectivity index is 1.47. The van der Waals surface area contributed by atoms with E-state index in [0.29, 0.717) is 26.2 Å². The number of ether oxygens (including phenoxy) is 1. The molecule has 1 aliphatic rings. The Hall–Kier alpha value is -3.06. The minimum Gasteiger partial charge on any atom is -0.461 e. The van der Waals surface area contributed by atoms with Gasteiger partial charge in [-0.15, -0.1) is 0 Å². The third-order valence-corrected chi connectivity index (χ3v) is 4.76. The largest absolute Gasteiger partial charge is 0.461 e. The van der Waals surface area contributed by atoms with Crippen LogP contribution in [0.25, 0.3) is 11.3 Å². The summed E-state index contributed by atoms with van der Waals surface area (Å²) in [4.78, 5) is 14.8. The number of carbonyl (C=O) groups is 1. The van der Waals surface area contributed by atoms with E-state index >= 15 is 0 Å². The maximum atomic E-state index is 13.0. The molecular weight excluding hydrogens is 356 g/mol. The zero-order valence-electron chi connectivity index (χ0n) is 15.9. The molecule has 7 heteroatoms. The first-order chi connectivity index (χ1) is 13.7. The summed E-state index contributed by atoms with van der Waals surface area (Å²) >= 11 is 0. The summed E-state index contributed by atoms with van der Waals surface area (Å²) in [6.45, 7) is 4.34. The van der Waals surface area contributed by atoms with Crippen LogP contribution in [-0.4, -0.2) is 46.5 Å². The van der Waals surface area contributed by atoms with Crippen LogP contribution in [0, 0.1) is 6.92 Å². The van der Waals surface area contributed by atoms with Crippen molar-refractivity contribution in [1.29, 1.82) is 0 Å². The van der Waals surface area contributed by atoms with Crippen molar-refractivity contribution in [1.82, 2.24) is 14.7 Å². The first kappa shape index (κ1) is 18.3. The molecule has 1 aromatic carbocycles. The fraction of sp³-hybridized carbons (Fsp3) is 0.333. The maximum Gasteiger partial charge on any atom is 0.321 e. The van der Waals surface area contributed by atoms with Crippen LogP contribution in [0.4, 0.5) is 10.5 Å². The van der Waals surface area contributed by atoms with E-state index in [1.165, 1.54) is 0 Å². The fourth-order valence-electron chi connectivity index (χ4n) is 3.39. The van der Waals surface area contributed by atoms with Crippen molar-refractivity contribution in [2.75, 3.05) is 25.0 Å². The lowest BCUT2D eigenvalue weighted by atomic mass is 10.1. The molecule has 0 aliphatic carbocycles. The Labute approximate surface area is 163 Å². The standard InChI is InChI=1S/C21H24N4O3/c1-16-8-9-20(28-16)18-6-2-3-7-19(18)23-21(26)24-11-5-13-27-17(14-24)15-25-12-4-10-22-25/h2-4,6-10,12,17H,5,11,13-15H2,1H3,(H,23,26)/t17-/m1/s1. The van der Waals surface area contributed by atoms with Crippen molar-refractivity contribution >= 4 is 11.7 Å². The Bertz CT molecular complexity index is 919. The molecule has 0 spiro atoms. The smallest absolute Gasteiger partial charge is 0.321 e. The van der Waals surface area contributed by atoms with Gasteiger partial charge in [-0.3, -0.25) is 4.68 Å². The van der Waals surface area contributed by atoms with Crippen LogP contribution in [-0.2, 0) is 11.3 Å². The van der Waals surface area contributed by atoms with Crippen molar-refractivity contribution < 1.29 is 13.9 Å². The van der Waals surface area contributed by atoms with Gasteiger partial charge in [0.05, 0.1) is 24.9 Å². The van der Waals surface area contributed by atoms with Crippen molar-refractivity contribution in [3.05, 3.63) is 60.6 Å². The van der Waals surface area contributed by atoms with E-state index in [2.05, 4.69) is 10.4 Å². The van der Waals surface area contributed by atoms with Gasteiger partial charge in [0.1, 0.15) is 11.5 Å². The first-order valence-electron chi connectivity index (χ1n) is 9.50. The van der Waals surface area contributed by atoms with Gasteiger partial charge in [0.2, 0.25) is 0 Å². The van der Waals surface area contributed by atoms with Gasteiger partial charge in [-0.05, 0) is 43.7 Å². The molecule has 7 nitrogen and oxygen atoms in total. The summed E-state index contributed by atoms with van der Waals surface area (Å²) in [7, 11) is 0. The SMILES string of the molecule is Cc1ccc(-c2ccccc2NC(=O)N2CCCO[C@@H](Cn3cccn3)C2)o1. The second-order valence-electron chi connectivity index (χ2n) is 6.91. The topological polar surface area (TPSA) is 72.5 Å². The van der Waals surface area contributed by atoms with Crippen LogP contribution in [0.2, 0.25) is 0 Å². The highest BCUT2D eigenvalue weighted by molar-refractivity contribution is 5.93. The quantitative estimate of drug-likeness (QED) is 0.748. The van der Waals surface area contributed by atoms with Crippen LogP contribution >= 0.6 is 0 Å². The average Bonchev–Trinajstić information content (AvgIpc) is 3.30. The Morgan fingerprint density at radius 1 is 1.25 bits per heavy atom. The van der Waals surface area contributed by atoms with Gasteiger partial charge >= 0.3 is 6.03 Å². The highest BCUT2D eigenvalue weighted by Gasteiger charge is 2.24. The first-order valence-corrected chi connectivity index (χ1v) is 9.50. The summed E-state index contributed by atoms with van der Waals surface area (Å²) < 4.78 is 13.5. The van der Waals surface area contributed by atoms with Crippen molar-refractivity contribution in [3.63, 3.8) is 0 Å². The van der Waals surface area contributed by atoms with Gasteiger partial charge in [0, 0.05) is 31.1 Å². The molecule has 3 heterocycles. The second-order valence-corrected chi connectivity index (χ2v) is 6.91. The number of hydrogen-bond donors (Lipinski definition) is 1. The number of furan rings is 1. The fourth-order valence-corrected chi connectivity index (χ4v) is 3.39. The molecular formula is C21H24N4O3. The number of aromatic nitrogens is 2. The Kier molecular flexibility index (Phi) is 5.43. The molecule has 0 radical (unpaired) electrons. The van der Waals surface area contributed by atoms with E-state index < -0.39 is 0 Å². The van der Waals surface area contributed by atoms with Gasteiger partial charge in [0.25, 0.3) is 0 Å². The Morgan fingerprint density at radius 2 is 2.14 bits per heavy atom. The summed E-state index contributed by atoms with van der Waals surface area (Å²) in [5, 5.41) is 7.28. The highest BCUT2D eigenvalue weighted by atomic mass is 16.5. The molecule has 1 aliphatic heterocycles. The Morgan fingerprint density at radius 3 is 2.93 bits per heavy atom. The number of nitrogens with one attached hydrogen (secondary N) is 1. The molecule has 2 amide bonds. The molecule has 3 aromatic rings. The molecule has 0 saturated carbocycles. The number of hydrogen-bond acceptors (Lipinski definition) is 4. The van der Waals surface area contributed by atoms with Crippen molar-refractivity contribution in [3.8, 4) is 11.3 Å².